The highest BCUT2D eigenvalue weighted by atomic mass is 35.5. The molecule has 0 aliphatic rings. The summed E-state index contributed by atoms with van der Waals surface area (Å²) in [7, 11) is 1.58. The highest BCUT2D eigenvalue weighted by Gasteiger charge is 2.21. The standard InChI is InChI=1S/C14H16ClN3O2S/c1-3-17-11(19)7-18(2)14(20)13-12(16)9-6-8(15)4-5-10(9)21-13/h4-6H,3,7,16H2,1-2H3,(H,17,19). The molecular formula is C14H16ClN3O2S. The van der Waals surface area contributed by atoms with Crippen molar-refractivity contribution in [3.05, 3.63) is 28.1 Å². The summed E-state index contributed by atoms with van der Waals surface area (Å²) in [5, 5.41) is 3.99. The Morgan fingerprint density at radius 2 is 2.14 bits per heavy atom. The van der Waals surface area contributed by atoms with Gasteiger partial charge in [-0.1, -0.05) is 11.6 Å². The number of likely N-dealkylation sites (N-methyl/N-ethyl adjacent to an activating group) is 2. The van der Waals surface area contributed by atoms with E-state index in [-0.39, 0.29) is 18.4 Å². The maximum atomic E-state index is 12.4. The highest BCUT2D eigenvalue weighted by molar-refractivity contribution is 7.21. The van der Waals surface area contributed by atoms with E-state index in [9.17, 15) is 9.59 Å². The number of thiophene rings is 1. The maximum Gasteiger partial charge on any atom is 0.266 e. The number of fused-ring (bicyclic) bond motifs is 1. The minimum atomic E-state index is -0.268. The third kappa shape index (κ3) is 3.28. The lowest BCUT2D eigenvalue weighted by molar-refractivity contribution is -0.121. The molecule has 1 aromatic carbocycles. The second kappa shape index (κ2) is 6.32. The summed E-state index contributed by atoms with van der Waals surface area (Å²) in [5.74, 6) is -0.466. The zero-order chi connectivity index (χ0) is 15.6. The van der Waals surface area contributed by atoms with E-state index in [2.05, 4.69) is 5.32 Å². The molecule has 7 heteroatoms. The van der Waals surface area contributed by atoms with E-state index < -0.39 is 0 Å². The zero-order valence-electron chi connectivity index (χ0n) is 11.8. The van der Waals surface area contributed by atoms with Crippen LogP contribution in [0.25, 0.3) is 10.1 Å². The Morgan fingerprint density at radius 1 is 1.43 bits per heavy atom. The molecule has 1 aromatic heterocycles. The summed E-state index contributed by atoms with van der Waals surface area (Å²) in [4.78, 5) is 25.7. The summed E-state index contributed by atoms with van der Waals surface area (Å²) in [5.41, 5.74) is 6.45. The molecule has 1 heterocycles. The van der Waals surface area contributed by atoms with Gasteiger partial charge in [-0.05, 0) is 25.1 Å². The van der Waals surface area contributed by atoms with Crippen molar-refractivity contribution in [2.45, 2.75) is 6.92 Å². The molecule has 0 aliphatic carbocycles. The first-order chi connectivity index (χ1) is 9.93. The number of nitrogens with zero attached hydrogens (tertiary/aromatic N) is 1. The Balaban J connectivity index is 2.27. The number of halogens is 1. The summed E-state index contributed by atoms with van der Waals surface area (Å²) >= 11 is 7.25. The topological polar surface area (TPSA) is 75.4 Å². The summed E-state index contributed by atoms with van der Waals surface area (Å²) in [6.07, 6.45) is 0. The fourth-order valence-corrected chi connectivity index (χ4v) is 3.23. The number of carbonyl (C=O) groups excluding carboxylic acids is 2. The predicted octanol–water partition coefficient (Wildman–Crippen LogP) is 2.34. The molecule has 3 N–H and O–H groups in total. The van der Waals surface area contributed by atoms with Gasteiger partial charge in [-0.15, -0.1) is 11.3 Å². The summed E-state index contributed by atoms with van der Waals surface area (Å²) in [6, 6.07) is 5.33. The van der Waals surface area contributed by atoms with Crippen LogP contribution in [0, 0.1) is 0 Å². The second-order valence-electron chi connectivity index (χ2n) is 4.60. The van der Waals surface area contributed by atoms with Gasteiger partial charge >= 0.3 is 0 Å². The Morgan fingerprint density at radius 3 is 2.81 bits per heavy atom. The van der Waals surface area contributed by atoms with E-state index in [1.54, 1.807) is 19.2 Å². The normalized spacial score (nSPS) is 10.6. The first-order valence-electron chi connectivity index (χ1n) is 6.43. The average molecular weight is 326 g/mol. The van der Waals surface area contributed by atoms with Crippen molar-refractivity contribution in [3.8, 4) is 0 Å². The number of nitrogens with one attached hydrogen (secondary N) is 1. The lowest BCUT2D eigenvalue weighted by atomic mass is 10.2. The second-order valence-corrected chi connectivity index (χ2v) is 6.09. The Hall–Kier alpha value is -1.79. The van der Waals surface area contributed by atoms with Gasteiger partial charge in [-0.25, -0.2) is 0 Å². The van der Waals surface area contributed by atoms with Crippen LogP contribution in [0.5, 0.6) is 0 Å². The van der Waals surface area contributed by atoms with Crippen LogP contribution in [-0.2, 0) is 4.79 Å². The lowest BCUT2D eigenvalue weighted by Crippen LogP contribution is -2.38. The number of hydrogen-bond donors (Lipinski definition) is 2. The number of rotatable bonds is 4. The van der Waals surface area contributed by atoms with Gasteiger partial charge in [0.05, 0.1) is 12.2 Å². The van der Waals surface area contributed by atoms with Crippen LogP contribution in [0.3, 0.4) is 0 Å². The van der Waals surface area contributed by atoms with Gasteiger partial charge in [0, 0.05) is 28.7 Å². The SMILES string of the molecule is CCNC(=O)CN(C)C(=O)c1sc2ccc(Cl)cc2c1N. The third-order valence-electron chi connectivity index (χ3n) is 2.98. The van der Waals surface area contributed by atoms with Gasteiger partial charge in [0.15, 0.2) is 0 Å². The van der Waals surface area contributed by atoms with Crippen molar-refractivity contribution in [1.82, 2.24) is 10.2 Å². The number of hydrogen-bond acceptors (Lipinski definition) is 4. The largest absolute Gasteiger partial charge is 0.397 e. The Bertz CT molecular complexity index is 699. The molecule has 2 rings (SSSR count). The summed E-state index contributed by atoms with van der Waals surface area (Å²) < 4.78 is 0.895. The molecule has 0 saturated heterocycles. The monoisotopic (exact) mass is 325 g/mol. The Labute approximate surface area is 131 Å². The molecule has 0 unspecified atom stereocenters. The van der Waals surface area contributed by atoms with E-state index >= 15 is 0 Å². The van der Waals surface area contributed by atoms with Gasteiger partial charge < -0.3 is 16.0 Å². The number of nitrogen functional groups attached to an aromatic ring is 1. The number of nitrogens with two attached hydrogens (primary N) is 1. The average Bonchev–Trinajstić information content (AvgIpc) is 2.75. The van der Waals surface area contributed by atoms with Crippen molar-refractivity contribution in [3.63, 3.8) is 0 Å². The van der Waals surface area contributed by atoms with Crippen LogP contribution >= 0.6 is 22.9 Å². The van der Waals surface area contributed by atoms with Crippen molar-refractivity contribution in [1.29, 1.82) is 0 Å². The molecule has 0 spiro atoms. The first kappa shape index (κ1) is 15.6. The van der Waals surface area contributed by atoms with Gasteiger partial charge in [0.25, 0.3) is 5.91 Å². The minimum Gasteiger partial charge on any atom is -0.397 e. The quantitative estimate of drug-likeness (QED) is 0.906. The fraction of sp³-hybridized carbons (Fsp3) is 0.286. The molecule has 2 amide bonds. The summed E-state index contributed by atoms with van der Waals surface area (Å²) in [6.45, 7) is 2.36. The lowest BCUT2D eigenvalue weighted by Gasteiger charge is -2.15. The van der Waals surface area contributed by atoms with Gasteiger partial charge in [0.2, 0.25) is 5.91 Å². The van der Waals surface area contributed by atoms with Crippen LogP contribution in [-0.4, -0.2) is 36.9 Å². The molecule has 0 atom stereocenters. The van der Waals surface area contributed by atoms with Gasteiger partial charge in [-0.3, -0.25) is 9.59 Å². The molecule has 0 bridgehead atoms. The van der Waals surface area contributed by atoms with Gasteiger partial charge in [-0.2, -0.15) is 0 Å². The first-order valence-corrected chi connectivity index (χ1v) is 7.63. The highest BCUT2D eigenvalue weighted by Crippen LogP contribution is 2.35. The molecule has 112 valence electrons. The third-order valence-corrected chi connectivity index (χ3v) is 4.39. The number of benzene rings is 1. The van der Waals surface area contributed by atoms with E-state index in [1.165, 1.54) is 16.2 Å². The van der Waals surface area contributed by atoms with E-state index in [4.69, 9.17) is 17.3 Å². The van der Waals surface area contributed by atoms with Crippen molar-refractivity contribution in [2.75, 3.05) is 25.9 Å². The Kier molecular flexibility index (Phi) is 4.69. The van der Waals surface area contributed by atoms with Crippen molar-refractivity contribution < 1.29 is 9.59 Å². The van der Waals surface area contributed by atoms with Crippen molar-refractivity contribution in [2.24, 2.45) is 0 Å². The molecule has 0 aliphatic heterocycles. The van der Waals surface area contributed by atoms with Crippen LogP contribution in [0.4, 0.5) is 5.69 Å². The van der Waals surface area contributed by atoms with Crippen LogP contribution in [0.15, 0.2) is 18.2 Å². The maximum absolute atomic E-state index is 12.4. The van der Waals surface area contributed by atoms with E-state index in [0.717, 1.165) is 10.1 Å². The van der Waals surface area contributed by atoms with Crippen molar-refractivity contribution >= 4 is 50.5 Å². The number of carbonyl (C=O) groups is 2. The van der Waals surface area contributed by atoms with Gasteiger partial charge in [0.1, 0.15) is 4.88 Å². The van der Waals surface area contributed by atoms with Crippen LogP contribution in [0.1, 0.15) is 16.6 Å². The molecule has 2 aromatic rings. The van der Waals surface area contributed by atoms with Crippen LogP contribution in [0.2, 0.25) is 5.02 Å². The molecule has 21 heavy (non-hydrogen) atoms. The fourth-order valence-electron chi connectivity index (χ4n) is 1.96. The molecule has 0 fully saturated rings. The van der Waals surface area contributed by atoms with Crippen LogP contribution < -0.4 is 11.1 Å². The minimum absolute atomic E-state index is 0.00111. The zero-order valence-corrected chi connectivity index (χ0v) is 13.3. The molecule has 0 radical (unpaired) electrons. The van der Waals surface area contributed by atoms with E-state index in [1.807, 2.05) is 13.0 Å². The predicted molar refractivity (Wildman–Crippen MR) is 86.9 cm³/mol. The molecular weight excluding hydrogens is 310 g/mol. The van der Waals surface area contributed by atoms with E-state index in [0.29, 0.717) is 22.1 Å². The smallest absolute Gasteiger partial charge is 0.266 e. The number of anilines is 1. The molecule has 0 saturated carbocycles. The number of amides is 2. The molecule has 5 nitrogen and oxygen atoms in total.